The Morgan fingerprint density at radius 2 is 2.10 bits per heavy atom. The van der Waals surface area contributed by atoms with Gasteiger partial charge in [-0.25, -0.2) is 13.8 Å². The highest BCUT2D eigenvalue weighted by Gasteiger charge is 2.21. The van der Waals surface area contributed by atoms with Crippen molar-refractivity contribution in [3.05, 3.63) is 49.5 Å². The fourth-order valence-corrected chi connectivity index (χ4v) is 2.64. The van der Waals surface area contributed by atoms with Crippen molar-refractivity contribution in [2.45, 2.75) is 20.4 Å². The molecule has 1 N–H and O–H groups in total. The summed E-state index contributed by atoms with van der Waals surface area (Å²) in [4.78, 5) is 15.1. The summed E-state index contributed by atoms with van der Waals surface area (Å²) in [5, 5.41) is 14.3. The van der Waals surface area contributed by atoms with E-state index < -0.39 is 27.9 Å². The molecule has 0 saturated heterocycles. The number of nitrogens with zero attached hydrogens (tertiary/aromatic N) is 2. The largest absolute Gasteiger partial charge is 0.372 e. The van der Waals surface area contributed by atoms with Crippen LogP contribution >= 0.6 is 11.3 Å². The van der Waals surface area contributed by atoms with Crippen LogP contribution in [0, 0.1) is 35.6 Å². The number of benzene rings is 1. The van der Waals surface area contributed by atoms with Crippen molar-refractivity contribution < 1.29 is 13.7 Å². The molecule has 0 aliphatic carbocycles. The van der Waals surface area contributed by atoms with Crippen LogP contribution in [0.1, 0.15) is 15.6 Å². The molecule has 0 aliphatic heterocycles. The van der Waals surface area contributed by atoms with Crippen molar-refractivity contribution in [3.8, 4) is 0 Å². The first-order valence-corrected chi connectivity index (χ1v) is 6.51. The quantitative estimate of drug-likeness (QED) is 0.692. The molecule has 0 bridgehead atoms. The Kier molecular flexibility index (Phi) is 3.93. The molecule has 20 heavy (non-hydrogen) atoms. The van der Waals surface area contributed by atoms with Gasteiger partial charge in [-0.15, -0.1) is 11.3 Å². The van der Waals surface area contributed by atoms with Crippen LogP contribution < -0.4 is 5.32 Å². The number of rotatable bonds is 4. The number of halogens is 2. The van der Waals surface area contributed by atoms with E-state index in [0.717, 1.165) is 27.7 Å². The van der Waals surface area contributed by atoms with Gasteiger partial charge < -0.3 is 5.32 Å². The van der Waals surface area contributed by atoms with Gasteiger partial charge in [0.05, 0.1) is 22.2 Å². The van der Waals surface area contributed by atoms with Crippen molar-refractivity contribution in [2.75, 3.05) is 5.32 Å². The standard InChI is InChI=1S/C12H11F2N3O2S/c1-6-10(20-7(2)16-6)5-15-12-9(17(18)19)4-3-8(13)11(12)14/h3-4,15H,5H2,1-2H3. The molecule has 2 aromatic rings. The van der Waals surface area contributed by atoms with Crippen LogP contribution in [0.25, 0.3) is 0 Å². The van der Waals surface area contributed by atoms with E-state index in [1.807, 2.05) is 6.92 Å². The predicted octanol–water partition coefficient (Wildman–Crippen LogP) is 3.56. The van der Waals surface area contributed by atoms with E-state index in [-0.39, 0.29) is 6.54 Å². The normalized spacial score (nSPS) is 10.6. The molecule has 0 unspecified atom stereocenters. The van der Waals surface area contributed by atoms with Gasteiger partial charge in [-0.05, 0) is 19.9 Å². The van der Waals surface area contributed by atoms with Crippen LogP contribution in [0.5, 0.6) is 0 Å². The van der Waals surface area contributed by atoms with E-state index in [1.165, 1.54) is 11.3 Å². The summed E-state index contributed by atoms with van der Waals surface area (Å²) in [5.74, 6) is -2.38. The van der Waals surface area contributed by atoms with Gasteiger partial charge in [0.25, 0.3) is 5.69 Å². The Labute approximate surface area is 117 Å². The third-order valence-corrected chi connectivity index (χ3v) is 3.77. The van der Waals surface area contributed by atoms with E-state index in [1.54, 1.807) is 6.92 Å². The molecule has 2 rings (SSSR count). The average molecular weight is 299 g/mol. The van der Waals surface area contributed by atoms with Crippen LogP contribution in [-0.4, -0.2) is 9.91 Å². The zero-order valence-corrected chi connectivity index (χ0v) is 11.6. The number of aryl methyl sites for hydroxylation is 2. The maximum atomic E-state index is 13.7. The fraction of sp³-hybridized carbons (Fsp3) is 0.250. The second kappa shape index (κ2) is 5.49. The first-order valence-electron chi connectivity index (χ1n) is 5.69. The molecule has 8 heteroatoms. The number of thiazole rings is 1. The molecule has 0 atom stereocenters. The minimum atomic E-state index is -1.25. The van der Waals surface area contributed by atoms with E-state index >= 15 is 0 Å². The number of anilines is 1. The third-order valence-electron chi connectivity index (χ3n) is 2.69. The third kappa shape index (κ3) is 2.74. The molecule has 5 nitrogen and oxygen atoms in total. The first kappa shape index (κ1) is 14.3. The topological polar surface area (TPSA) is 68.1 Å². The molecule has 0 saturated carbocycles. The van der Waals surface area contributed by atoms with E-state index in [2.05, 4.69) is 10.3 Å². The van der Waals surface area contributed by atoms with Gasteiger partial charge in [0.15, 0.2) is 17.3 Å². The van der Waals surface area contributed by atoms with Crippen LogP contribution in [0.3, 0.4) is 0 Å². The highest BCUT2D eigenvalue weighted by Crippen LogP contribution is 2.30. The fourth-order valence-electron chi connectivity index (χ4n) is 1.77. The Morgan fingerprint density at radius 3 is 2.65 bits per heavy atom. The van der Waals surface area contributed by atoms with Crippen molar-refractivity contribution in [3.63, 3.8) is 0 Å². The van der Waals surface area contributed by atoms with Gasteiger partial charge in [0.1, 0.15) is 0 Å². The van der Waals surface area contributed by atoms with Crippen molar-refractivity contribution in [1.82, 2.24) is 4.98 Å². The summed E-state index contributed by atoms with van der Waals surface area (Å²) in [6, 6.07) is 1.67. The van der Waals surface area contributed by atoms with E-state index in [4.69, 9.17) is 0 Å². The lowest BCUT2D eigenvalue weighted by molar-refractivity contribution is -0.384. The van der Waals surface area contributed by atoms with Gasteiger partial charge >= 0.3 is 0 Å². The lowest BCUT2D eigenvalue weighted by atomic mass is 10.2. The molecular weight excluding hydrogens is 288 g/mol. The number of hydrogen-bond acceptors (Lipinski definition) is 5. The Morgan fingerprint density at radius 1 is 1.40 bits per heavy atom. The summed E-state index contributed by atoms with van der Waals surface area (Å²) >= 11 is 1.40. The lowest BCUT2D eigenvalue weighted by Crippen LogP contribution is -2.06. The maximum absolute atomic E-state index is 13.7. The zero-order chi connectivity index (χ0) is 14.9. The predicted molar refractivity (Wildman–Crippen MR) is 71.9 cm³/mol. The van der Waals surface area contributed by atoms with Gasteiger partial charge in [-0.1, -0.05) is 0 Å². The van der Waals surface area contributed by atoms with Gasteiger partial charge in [0, 0.05) is 10.9 Å². The lowest BCUT2D eigenvalue weighted by Gasteiger charge is -2.08. The Hall–Kier alpha value is -2.09. The summed E-state index contributed by atoms with van der Waals surface area (Å²) in [6.07, 6.45) is 0. The molecule has 106 valence electrons. The summed E-state index contributed by atoms with van der Waals surface area (Å²) < 4.78 is 26.9. The molecule has 0 spiro atoms. The van der Waals surface area contributed by atoms with Crippen molar-refractivity contribution in [2.24, 2.45) is 0 Å². The molecular formula is C12H11F2N3O2S. The van der Waals surface area contributed by atoms with Crippen LogP contribution in [0.4, 0.5) is 20.2 Å². The first-order chi connectivity index (χ1) is 9.40. The maximum Gasteiger partial charge on any atom is 0.295 e. The Bertz CT molecular complexity index is 673. The second-order valence-electron chi connectivity index (χ2n) is 4.11. The van der Waals surface area contributed by atoms with Gasteiger partial charge in [-0.2, -0.15) is 0 Å². The number of nitrogens with one attached hydrogen (secondary N) is 1. The molecule has 1 heterocycles. The molecule has 1 aromatic heterocycles. The van der Waals surface area contributed by atoms with Crippen molar-refractivity contribution in [1.29, 1.82) is 0 Å². The van der Waals surface area contributed by atoms with Crippen LogP contribution in [0.2, 0.25) is 0 Å². The van der Waals surface area contributed by atoms with Crippen molar-refractivity contribution >= 4 is 22.7 Å². The SMILES string of the molecule is Cc1nc(C)c(CNc2c([N+](=O)[O-])ccc(F)c2F)s1. The second-order valence-corrected chi connectivity index (χ2v) is 5.40. The van der Waals surface area contributed by atoms with Crippen LogP contribution in [0.15, 0.2) is 12.1 Å². The summed E-state index contributed by atoms with van der Waals surface area (Å²) in [7, 11) is 0. The van der Waals surface area contributed by atoms with Gasteiger partial charge in [0.2, 0.25) is 0 Å². The molecule has 0 amide bonds. The van der Waals surface area contributed by atoms with Gasteiger partial charge in [-0.3, -0.25) is 10.1 Å². The molecule has 1 aromatic carbocycles. The average Bonchev–Trinajstić information content (AvgIpc) is 2.69. The smallest absolute Gasteiger partial charge is 0.295 e. The Balaban J connectivity index is 2.31. The number of nitro benzene ring substituents is 1. The molecule has 0 fully saturated rings. The highest BCUT2D eigenvalue weighted by molar-refractivity contribution is 7.11. The number of aromatic nitrogens is 1. The zero-order valence-electron chi connectivity index (χ0n) is 10.7. The number of nitro groups is 1. The monoisotopic (exact) mass is 299 g/mol. The van der Waals surface area contributed by atoms with E-state index in [0.29, 0.717) is 0 Å². The molecule has 0 radical (unpaired) electrons. The van der Waals surface area contributed by atoms with Crippen LogP contribution in [-0.2, 0) is 6.54 Å². The minimum Gasteiger partial charge on any atom is -0.372 e. The highest BCUT2D eigenvalue weighted by atomic mass is 32.1. The summed E-state index contributed by atoms with van der Waals surface area (Å²) in [6.45, 7) is 3.77. The molecule has 0 aliphatic rings. The minimum absolute atomic E-state index is 0.151. The van der Waals surface area contributed by atoms with E-state index in [9.17, 15) is 18.9 Å². The summed E-state index contributed by atoms with van der Waals surface area (Å²) in [5.41, 5.74) is -0.178. The number of hydrogen-bond donors (Lipinski definition) is 1.